The number of benzene rings is 1. The number of carbonyl (C=O) groups is 1. The lowest BCUT2D eigenvalue weighted by Gasteiger charge is -2.18. The first-order valence-electron chi connectivity index (χ1n) is 7.72. The van der Waals surface area contributed by atoms with Crippen LogP contribution in [-0.4, -0.2) is 10.5 Å². The molecule has 4 nitrogen and oxygen atoms in total. The van der Waals surface area contributed by atoms with E-state index in [9.17, 15) is 22.8 Å². The van der Waals surface area contributed by atoms with Gasteiger partial charge in [0, 0.05) is 12.3 Å². The van der Waals surface area contributed by atoms with E-state index in [-0.39, 0.29) is 6.04 Å². The Morgan fingerprint density at radius 1 is 1.20 bits per heavy atom. The zero-order valence-corrected chi connectivity index (χ0v) is 14.1. The maximum Gasteiger partial charge on any atom is 0.417 e. The summed E-state index contributed by atoms with van der Waals surface area (Å²) in [5.41, 5.74) is 1.32. The van der Waals surface area contributed by atoms with Crippen LogP contribution < -0.4 is 10.9 Å². The third-order valence-corrected chi connectivity index (χ3v) is 3.90. The minimum absolute atomic E-state index is 0.325. The number of aryl methyl sites for hydroxylation is 2. The van der Waals surface area contributed by atoms with Gasteiger partial charge in [0.25, 0.3) is 5.56 Å². The van der Waals surface area contributed by atoms with E-state index in [0.29, 0.717) is 12.3 Å². The molecule has 0 aliphatic carbocycles. The van der Waals surface area contributed by atoms with Crippen molar-refractivity contribution in [1.29, 1.82) is 0 Å². The van der Waals surface area contributed by atoms with Crippen LogP contribution in [0.2, 0.25) is 0 Å². The van der Waals surface area contributed by atoms with Crippen molar-refractivity contribution in [3.63, 3.8) is 0 Å². The topological polar surface area (TPSA) is 51.1 Å². The van der Waals surface area contributed by atoms with Crippen LogP contribution in [0.15, 0.2) is 41.3 Å². The number of hydrogen-bond acceptors (Lipinski definition) is 2. The molecule has 2 rings (SSSR count). The summed E-state index contributed by atoms with van der Waals surface area (Å²) < 4.78 is 39.0. The van der Waals surface area contributed by atoms with Crippen molar-refractivity contribution in [3.8, 4) is 0 Å². The van der Waals surface area contributed by atoms with E-state index in [1.807, 2.05) is 32.0 Å². The predicted molar refractivity (Wildman–Crippen MR) is 88.2 cm³/mol. The van der Waals surface area contributed by atoms with Crippen LogP contribution in [-0.2, 0) is 17.5 Å². The lowest BCUT2D eigenvalue weighted by molar-refractivity contribution is -0.138. The summed E-state index contributed by atoms with van der Waals surface area (Å²) >= 11 is 0. The zero-order valence-electron chi connectivity index (χ0n) is 14.1. The van der Waals surface area contributed by atoms with Gasteiger partial charge in [-0.3, -0.25) is 9.59 Å². The number of aromatic nitrogens is 1. The number of halogens is 3. The summed E-state index contributed by atoms with van der Waals surface area (Å²) in [6.45, 7) is 5.15. The number of rotatable bonds is 4. The van der Waals surface area contributed by atoms with Crippen LogP contribution in [0.1, 0.15) is 35.2 Å². The van der Waals surface area contributed by atoms with Crippen LogP contribution in [0.3, 0.4) is 0 Å². The van der Waals surface area contributed by atoms with Gasteiger partial charge in [0.1, 0.15) is 6.54 Å². The highest BCUT2D eigenvalue weighted by molar-refractivity contribution is 5.76. The van der Waals surface area contributed by atoms with E-state index < -0.39 is 29.8 Å². The molecule has 25 heavy (non-hydrogen) atoms. The standard InChI is InChI=1S/C18H19F3N2O2/c1-11-4-5-12(2)15(8-11)13(3)22-16(24)10-23-9-14(18(19,20)21)6-7-17(23)25/h4-9,13H,10H2,1-3H3,(H,22,24). The highest BCUT2D eigenvalue weighted by atomic mass is 19.4. The minimum atomic E-state index is -4.57. The molecule has 0 aliphatic rings. The van der Waals surface area contributed by atoms with Crippen LogP contribution >= 0.6 is 0 Å². The van der Waals surface area contributed by atoms with Gasteiger partial charge in [0.2, 0.25) is 5.91 Å². The van der Waals surface area contributed by atoms with E-state index in [2.05, 4.69) is 5.32 Å². The van der Waals surface area contributed by atoms with Gasteiger partial charge < -0.3 is 9.88 Å². The second-order valence-electron chi connectivity index (χ2n) is 6.03. The van der Waals surface area contributed by atoms with Gasteiger partial charge in [-0.1, -0.05) is 23.8 Å². The SMILES string of the molecule is Cc1ccc(C)c(C(C)NC(=O)Cn2cc(C(F)(F)F)ccc2=O)c1. The van der Waals surface area contributed by atoms with Gasteiger partial charge in [0.15, 0.2) is 0 Å². The van der Waals surface area contributed by atoms with Crippen LogP contribution in [0.4, 0.5) is 13.2 Å². The molecule has 0 bridgehead atoms. The fourth-order valence-electron chi connectivity index (χ4n) is 2.57. The fourth-order valence-corrected chi connectivity index (χ4v) is 2.57. The molecule has 1 amide bonds. The summed E-state index contributed by atoms with van der Waals surface area (Å²) in [7, 11) is 0. The van der Waals surface area contributed by atoms with Crippen molar-refractivity contribution in [2.45, 2.75) is 39.5 Å². The first kappa shape index (κ1) is 18.8. The second kappa shape index (κ2) is 7.13. The highest BCUT2D eigenvalue weighted by Gasteiger charge is 2.31. The molecular formula is C18H19F3N2O2. The Kier molecular flexibility index (Phi) is 5.35. The Morgan fingerprint density at radius 2 is 1.88 bits per heavy atom. The monoisotopic (exact) mass is 352 g/mol. The van der Waals surface area contributed by atoms with Crippen LogP contribution in [0.25, 0.3) is 0 Å². The summed E-state index contributed by atoms with van der Waals surface area (Å²) in [6.07, 6.45) is -3.91. The Balaban J connectivity index is 2.15. The number of pyridine rings is 1. The summed E-state index contributed by atoms with van der Waals surface area (Å²) in [5, 5.41) is 2.72. The van der Waals surface area contributed by atoms with Gasteiger partial charge in [-0.15, -0.1) is 0 Å². The van der Waals surface area contributed by atoms with Gasteiger partial charge in [-0.05, 0) is 38.0 Å². The fraction of sp³-hybridized carbons (Fsp3) is 0.333. The smallest absolute Gasteiger partial charge is 0.348 e. The van der Waals surface area contributed by atoms with E-state index in [4.69, 9.17) is 0 Å². The van der Waals surface area contributed by atoms with Gasteiger partial charge in [0.05, 0.1) is 11.6 Å². The Morgan fingerprint density at radius 3 is 2.52 bits per heavy atom. The Labute approximate surface area is 143 Å². The summed E-state index contributed by atoms with van der Waals surface area (Å²) in [4.78, 5) is 23.9. The van der Waals surface area contributed by atoms with Crippen molar-refractivity contribution < 1.29 is 18.0 Å². The van der Waals surface area contributed by atoms with Crippen molar-refractivity contribution in [1.82, 2.24) is 9.88 Å². The van der Waals surface area contributed by atoms with Crippen molar-refractivity contribution in [3.05, 3.63) is 69.1 Å². The number of amides is 1. The lowest BCUT2D eigenvalue weighted by atomic mass is 10.00. The first-order valence-corrected chi connectivity index (χ1v) is 7.72. The largest absolute Gasteiger partial charge is 0.417 e. The molecule has 0 saturated heterocycles. The molecule has 0 fully saturated rings. The van der Waals surface area contributed by atoms with Crippen molar-refractivity contribution >= 4 is 5.91 Å². The van der Waals surface area contributed by atoms with E-state index in [1.165, 1.54) is 0 Å². The molecule has 0 spiro atoms. The number of nitrogens with one attached hydrogen (secondary N) is 1. The average molecular weight is 352 g/mol. The second-order valence-corrected chi connectivity index (χ2v) is 6.03. The number of hydrogen-bond donors (Lipinski definition) is 1. The minimum Gasteiger partial charge on any atom is -0.348 e. The highest BCUT2D eigenvalue weighted by Crippen LogP contribution is 2.28. The summed E-state index contributed by atoms with van der Waals surface area (Å²) in [6, 6.07) is 7.02. The van der Waals surface area contributed by atoms with Crippen molar-refractivity contribution in [2.24, 2.45) is 0 Å². The Bertz CT molecular complexity index is 841. The number of nitrogens with zero attached hydrogens (tertiary/aromatic N) is 1. The van der Waals surface area contributed by atoms with Gasteiger partial charge in [-0.2, -0.15) is 13.2 Å². The zero-order chi connectivity index (χ0) is 18.8. The molecule has 0 saturated carbocycles. The van der Waals surface area contributed by atoms with Crippen LogP contribution in [0, 0.1) is 13.8 Å². The lowest BCUT2D eigenvalue weighted by Crippen LogP contribution is -2.34. The average Bonchev–Trinajstić information content (AvgIpc) is 2.50. The maximum absolute atomic E-state index is 12.7. The molecule has 1 unspecified atom stereocenters. The van der Waals surface area contributed by atoms with Crippen LogP contribution in [0.5, 0.6) is 0 Å². The van der Waals surface area contributed by atoms with E-state index in [0.717, 1.165) is 27.3 Å². The quantitative estimate of drug-likeness (QED) is 0.917. The Hall–Kier alpha value is -2.57. The molecule has 134 valence electrons. The normalized spacial score (nSPS) is 12.7. The molecule has 2 aromatic rings. The third-order valence-electron chi connectivity index (χ3n) is 3.90. The maximum atomic E-state index is 12.7. The molecule has 1 atom stereocenters. The molecule has 1 N–H and O–H groups in total. The molecule has 0 aliphatic heterocycles. The molecule has 0 radical (unpaired) electrons. The van der Waals surface area contributed by atoms with Gasteiger partial charge in [-0.25, -0.2) is 0 Å². The van der Waals surface area contributed by atoms with E-state index >= 15 is 0 Å². The van der Waals surface area contributed by atoms with Gasteiger partial charge >= 0.3 is 6.18 Å². The first-order chi connectivity index (χ1) is 11.6. The molecule has 7 heteroatoms. The predicted octanol–water partition coefficient (Wildman–Crippen LogP) is 3.36. The number of carbonyl (C=O) groups excluding carboxylic acids is 1. The number of alkyl halides is 3. The molecule has 1 aromatic carbocycles. The molecule has 1 heterocycles. The van der Waals surface area contributed by atoms with E-state index in [1.54, 1.807) is 6.92 Å². The van der Waals surface area contributed by atoms with Crippen molar-refractivity contribution in [2.75, 3.05) is 0 Å². The molecule has 1 aromatic heterocycles. The third kappa shape index (κ3) is 4.71. The molecular weight excluding hydrogens is 333 g/mol. The summed E-state index contributed by atoms with van der Waals surface area (Å²) in [5.74, 6) is -0.533.